The molecule has 0 amide bonds. The Morgan fingerprint density at radius 1 is 0.700 bits per heavy atom. The van der Waals surface area contributed by atoms with Crippen LogP contribution < -0.4 is 0 Å². The Bertz CT molecular complexity index is 901. The maximum absolute atomic E-state index is 2.31. The second kappa shape index (κ2) is 4.46. The molecular formula is C19H14S. The minimum atomic E-state index is 1.28. The van der Waals surface area contributed by atoms with Gasteiger partial charge in [0, 0.05) is 20.2 Å². The van der Waals surface area contributed by atoms with E-state index in [9.17, 15) is 0 Å². The summed E-state index contributed by atoms with van der Waals surface area (Å²) < 4.78 is 2.78. The van der Waals surface area contributed by atoms with Crippen LogP contribution in [0.15, 0.2) is 66.7 Å². The van der Waals surface area contributed by atoms with Gasteiger partial charge in [-0.05, 0) is 29.7 Å². The lowest BCUT2D eigenvalue weighted by Gasteiger charge is -2.01. The monoisotopic (exact) mass is 274 g/mol. The zero-order valence-corrected chi connectivity index (χ0v) is 12.1. The van der Waals surface area contributed by atoms with Crippen LogP contribution in [0, 0.1) is 6.92 Å². The molecule has 0 nitrogen and oxygen atoms in total. The van der Waals surface area contributed by atoms with Gasteiger partial charge in [-0.3, -0.25) is 0 Å². The van der Waals surface area contributed by atoms with Gasteiger partial charge in [0.05, 0.1) is 0 Å². The van der Waals surface area contributed by atoms with Crippen molar-refractivity contribution in [1.29, 1.82) is 0 Å². The van der Waals surface area contributed by atoms with Crippen LogP contribution in [0.3, 0.4) is 0 Å². The number of thiophene rings is 1. The van der Waals surface area contributed by atoms with Gasteiger partial charge in [0.15, 0.2) is 0 Å². The fourth-order valence-corrected chi connectivity index (χ4v) is 3.96. The van der Waals surface area contributed by atoms with E-state index in [1.165, 1.54) is 36.9 Å². The molecule has 0 spiro atoms. The normalized spacial score (nSPS) is 11.2. The van der Waals surface area contributed by atoms with E-state index in [1.54, 1.807) is 0 Å². The first-order valence-electron chi connectivity index (χ1n) is 6.80. The van der Waals surface area contributed by atoms with Crippen molar-refractivity contribution in [2.75, 3.05) is 0 Å². The molecular weight excluding hydrogens is 260 g/mol. The summed E-state index contributed by atoms with van der Waals surface area (Å²) in [6, 6.07) is 23.9. The van der Waals surface area contributed by atoms with E-state index in [4.69, 9.17) is 0 Å². The molecule has 0 saturated heterocycles. The van der Waals surface area contributed by atoms with Crippen LogP contribution in [-0.2, 0) is 0 Å². The third-order valence-corrected chi connectivity index (χ3v) is 5.11. The van der Waals surface area contributed by atoms with Gasteiger partial charge in [0.2, 0.25) is 0 Å². The van der Waals surface area contributed by atoms with Gasteiger partial charge in [-0.15, -0.1) is 11.3 Å². The predicted octanol–water partition coefficient (Wildman–Crippen LogP) is 6.03. The quantitative estimate of drug-likeness (QED) is 0.397. The van der Waals surface area contributed by atoms with E-state index in [-0.39, 0.29) is 0 Å². The fraction of sp³-hybridized carbons (Fsp3) is 0.0526. The van der Waals surface area contributed by atoms with Crippen molar-refractivity contribution in [3.05, 3.63) is 72.3 Å². The third kappa shape index (κ3) is 1.75. The molecule has 0 unspecified atom stereocenters. The third-order valence-electron chi connectivity index (χ3n) is 3.80. The predicted molar refractivity (Wildman–Crippen MR) is 89.5 cm³/mol. The first kappa shape index (κ1) is 11.7. The second-order valence-corrected chi connectivity index (χ2v) is 6.18. The molecule has 0 aliphatic heterocycles. The molecule has 0 bridgehead atoms. The summed E-state index contributed by atoms with van der Waals surface area (Å²) in [5.74, 6) is 0. The lowest BCUT2D eigenvalue weighted by Crippen LogP contribution is -1.76. The van der Waals surface area contributed by atoms with E-state index < -0.39 is 0 Å². The molecule has 0 atom stereocenters. The number of hydrogen-bond acceptors (Lipinski definition) is 1. The Kier molecular flexibility index (Phi) is 2.61. The molecule has 4 aromatic rings. The Labute approximate surface area is 122 Å². The number of benzene rings is 3. The van der Waals surface area contributed by atoms with E-state index in [0.717, 1.165) is 0 Å². The van der Waals surface area contributed by atoms with Gasteiger partial charge in [-0.1, -0.05) is 60.7 Å². The molecule has 3 aromatic carbocycles. The Morgan fingerprint density at radius 3 is 2.40 bits per heavy atom. The largest absolute Gasteiger partial charge is 0.135 e. The summed E-state index contributed by atoms with van der Waals surface area (Å²) in [5.41, 5.74) is 3.94. The summed E-state index contributed by atoms with van der Waals surface area (Å²) in [4.78, 5) is 0. The standard InChI is InChI=1S/C19H14S/c1-13-6-5-9-17-16-11-10-15(12-18(16)20-19(13)17)14-7-3-2-4-8-14/h2-12H,1H3. The number of fused-ring (bicyclic) bond motifs is 3. The van der Waals surface area contributed by atoms with Crippen molar-refractivity contribution in [2.24, 2.45) is 0 Å². The minimum Gasteiger partial charge on any atom is -0.135 e. The molecule has 0 N–H and O–H groups in total. The van der Waals surface area contributed by atoms with E-state index in [0.29, 0.717) is 0 Å². The Balaban J connectivity index is 2.01. The van der Waals surface area contributed by atoms with Crippen molar-refractivity contribution in [1.82, 2.24) is 0 Å². The number of aryl methyl sites for hydroxylation is 1. The van der Waals surface area contributed by atoms with E-state index >= 15 is 0 Å². The van der Waals surface area contributed by atoms with Crippen LogP contribution in [0.25, 0.3) is 31.3 Å². The van der Waals surface area contributed by atoms with Crippen LogP contribution in [0.2, 0.25) is 0 Å². The van der Waals surface area contributed by atoms with Gasteiger partial charge in [-0.2, -0.15) is 0 Å². The summed E-state index contributed by atoms with van der Waals surface area (Å²) in [5, 5.41) is 2.75. The molecule has 1 heteroatoms. The molecule has 1 aromatic heterocycles. The molecule has 20 heavy (non-hydrogen) atoms. The maximum atomic E-state index is 2.31. The highest BCUT2D eigenvalue weighted by Gasteiger charge is 2.07. The van der Waals surface area contributed by atoms with Crippen molar-refractivity contribution in [3.63, 3.8) is 0 Å². The maximum Gasteiger partial charge on any atom is 0.0384 e. The topological polar surface area (TPSA) is 0 Å². The SMILES string of the molecule is Cc1cccc2c1sc1cc(-c3ccccc3)ccc12. The summed E-state index contributed by atoms with van der Waals surface area (Å²) >= 11 is 1.90. The molecule has 4 rings (SSSR count). The molecule has 0 radical (unpaired) electrons. The summed E-state index contributed by atoms with van der Waals surface area (Å²) in [6.07, 6.45) is 0. The Hall–Kier alpha value is -2.12. The van der Waals surface area contributed by atoms with Crippen LogP contribution in [0.5, 0.6) is 0 Å². The average Bonchev–Trinajstić information content (AvgIpc) is 2.87. The molecule has 0 fully saturated rings. The highest BCUT2D eigenvalue weighted by Crippen LogP contribution is 2.37. The van der Waals surface area contributed by atoms with Gasteiger partial charge in [-0.25, -0.2) is 0 Å². The van der Waals surface area contributed by atoms with Gasteiger partial charge in [0.25, 0.3) is 0 Å². The van der Waals surface area contributed by atoms with Crippen LogP contribution >= 0.6 is 11.3 Å². The number of hydrogen-bond donors (Lipinski definition) is 0. The van der Waals surface area contributed by atoms with Crippen LogP contribution in [0.4, 0.5) is 0 Å². The molecule has 0 saturated carbocycles. The fourth-order valence-electron chi connectivity index (χ4n) is 2.75. The molecule has 0 aliphatic carbocycles. The molecule has 96 valence electrons. The van der Waals surface area contributed by atoms with Crippen LogP contribution in [-0.4, -0.2) is 0 Å². The highest BCUT2D eigenvalue weighted by atomic mass is 32.1. The van der Waals surface area contributed by atoms with Crippen molar-refractivity contribution >= 4 is 31.5 Å². The summed E-state index contributed by atoms with van der Waals surface area (Å²) in [7, 11) is 0. The lowest BCUT2D eigenvalue weighted by atomic mass is 10.0. The molecule has 0 aliphatic rings. The first-order chi connectivity index (χ1) is 9.83. The Morgan fingerprint density at radius 2 is 1.55 bits per heavy atom. The van der Waals surface area contributed by atoms with Crippen LogP contribution in [0.1, 0.15) is 5.56 Å². The first-order valence-corrected chi connectivity index (χ1v) is 7.62. The second-order valence-electron chi connectivity index (χ2n) is 5.13. The highest BCUT2D eigenvalue weighted by molar-refractivity contribution is 7.26. The van der Waals surface area contributed by atoms with Gasteiger partial charge < -0.3 is 0 Å². The average molecular weight is 274 g/mol. The lowest BCUT2D eigenvalue weighted by molar-refractivity contribution is 1.56. The summed E-state index contributed by atoms with van der Waals surface area (Å²) in [6.45, 7) is 2.19. The van der Waals surface area contributed by atoms with Gasteiger partial charge >= 0.3 is 0 Å². The minimum absolute atomic E-state index is 1.28. The van der Waals surface area contributed by atoms with Gasteiger partial charge in [0.1, 0.15) is 0 Å². The molecule has 1 heterocycles. The van der Waals surface area contributed by atoms with Crippen molar-refractivity contribution in [3.8, 4) is 11.1 Å². The smallest absolute Gasteiger partial charge is 0.0384 e. The number of rotatable bonds is 1. The van der Waals surface area contributed by atoms with Crippen molar-refractivity contribution in [2.45, 2.75) is 6.92 Å². The zero-order chi connectivity index (χ0) is 13.5. The van der Waals surface area contributed by atoms with E-state index in [1.807, 2.05) is 11.3 Å². The zero-order valence-electron chi connectivity index (χ0n) is 11.3. The van der Waals surface area contributed by atoms with Crippen molar-refractivity contribution < 1.29 is 0 Å². The van der Waals surface area contributed by atoms with E-state index in [2.05, 4.69) is 73.7 Å².